The summed E-state index contributed by atoms with van der Waals surface area (Å²) in [5.41, 5.74) is 5.33. The Morgan fingerprint density at radius 2 is 2.06 bits per heavy atom. The predicted octanol–water partition coefficient (Wildman–Crippen LogP) is 0.198. The minimum atomic E-state index is -0.271. The third kappa shape index (κ3) is 8.12. The molecule has 1 atom stereocenters. The van der Waals surface area contributed by atoms with Crippen molar-refractivity contribution in [2.24, 2.45) is 5.73 Å². The van der Waals surface area contributed by atoms with Crippen LogP contribution in [0.1, 0.15) is 27.2 Å². The van der Waals surface area contributed by atoms with Gasteiger partial charge in [0.15, 0.2) is 0 Å². The fourth-order valence-electron chi connectivity index (χ4n) is 1.67. The Kier molecular flexibility index (Phi) is 10.1. The van der Waals surface area contributed by atoms with E-state index in [4.69, 9.17) is 10.5 Å². The van der Waals surface area contributed by atoms with Crippen LogP contribution >= 0.6 is 0 Å². The molecule has 0 heterocycles. The van der Waals surface area contributed by atoms with Crippen molar-refractivity contribution in [3.8, 4) is 0 Å². The Morgan fingerprint density at radius 1 is 1.35 bits per heavy atom. The summed E-state index contributed by atoms with van der Waals surface area (Å²) in [6.07, 6.45) is 0.753. The standard InChI is InChI=1S/C12H27N3O2/c1-4-14-11(12(13)16)7-8-15(5-2)9-10-17-6-3/h11,14H,4-10H2,1-3H3,(H2,13,16). The molecule has 17 heavy (non-hydrogen) atoms. The van der Waals surface area contributed by atoms with E-state index >= 15 is 0 Å². The lowest BCUT2D eigenvalue weighted by molar-refractivity contribution is -0.120. The van der Waals surface area contributed by atoms with Crippen molar-refractivity contribution < 1.29 is 9.53 Å². The molecule has 0 bridgehead atoms. The summed E-state index contributed by atoms with van der Waals surface area (Å²) in [4.78, 5) is 13.4. The maximum Gasteiger partial charge on any atom is 0.234 e. The Hall–Kier alpha value is -0.650. The monoisotopic (exact) mass is 245 g/mol. The van der Waals surface area contributed by atoms with Gasteiger partial charge in [0.2, 0.25) is 5.91 Å². The number of nitrogens with two attached hydrogens (primary N) is 1. The van der Waals surface area contributed by atoms with Crippen molar-refractivity contribution in [1.82, 2.24) is 10.2 Å². The molecule has 102 valence electrons. The number of hydrogen-bond donors (Lipinski definition) is 2. The highest BCUT2D eigenvalue weighted by Gasteiger charge is 2.14. The highest BCUT2D eigenvalue weighted by molar-refractivity contribution is 5.79. The number of nitrogens with one attached hydrogen (secondary N) is 1. The second-order valence-corrected chi connectivity index (χ2v) is 3.93. The number of rotatable bonds is 11. The fraction of sp³-hybridized carbons (Fsp3) is 0.917. The third-order valence-corrected chi connectivity index (χ3v) is 2.73. The maximum atomic E-state index is 11.2. The van der Waals surface area contributed by atoms with Crippen LogP contribution in [0.15, 0.2) is 0 Å². The average Bonchev–Trinajstić information content (AvgIpc) is 2.31. The zero-order chi connectivity index (χ0) is 13.1. The number of primary amides is 1. The molecule has 0 aliphatic heterocycles. The molecule has 1 unspecified atom stereocenters. The van der Waals surface area contributed by atoms with Crippen LogP contribution in [0.25, 0.3) is 0 Å². The Morgan fingerprint density at radius 3 is 2.53 bits per heavy atom. The van der Waals surface area contributed by atoms with Gasteiger partial charge in [0, 0.05) is 19.7 Å². The summed E-state index contributed by atoms with van der Waals surface area (Å²) in [6.45, 7) is 11.1. The molecule has 5 nitrogen and oxygen atoms in total. The molecule has 0 aliphatic rings. The van der Waals surface area contributed by atoms with Gasteiger partial charge < -0.3 is 20.7 Å². The van der Waals surface area contributed by atoms with E-state index in [1.54, 1.807) is 0 Å². The van der Waals surface area contributed by atoms with E-state index in [1.165, 1.54) is 0 Å². The van der Waals surface area contributed by atoms with E-state index in [9.17, 15) is 4.79 Å². The van der Waals surface area contributed by atoms with Crippen molar-refractivity contribution in [3.63, 3.8) is 0 Å². The molecular weight excluding hydrogens is 218 g/mol. The van der Waals surface area contributed by atoms with Crippen LogP contribution in [0.2, 0.25) is 0 Å². The van der Waals surface area contributed by atoms with Crippen LogP contribution in [0.3, 0.4) is 0 Å². The number of carbonyl (C=O) groups excluding carboxylic acids is 1. The molecular formula is C12H27N3O2. The van der Waals surface area contributed by atoms with Gasteiger partial charge in [0.25, 0.3) is 0 Å². The minimum Gasteiger partial charge on any atom is -0.380 e. The summed E-state index contributed by atoms with van der Waals surface area (Å²) < 4.78 is 5.32. The van der Waals surface area contributed by atoms with Crippen LogP contribution in [0.5, 0.6) is 0 Å². The molecule has 5 heteroatoms. The van der Waals surface area contributed by atoms with Gasteiger partial charge in [-0.2, -0.15) is 0 Å². The van der Waals surface area contributed by atoms with Crippen LogP contribution in [0.4, 0.5) is 0 Å². The predicted molar refractivity (Wildman–Crippen MR) is 69.9 cm³/mol. The van der Waals surface area contributed by atoms with Crippen molar-refractivity contribution in [1.29, 1.82) is 0 Å². The van der Waals surface area contributed by atoms with Gasteiger partial charge >= 0.3 is 0 Å². The lowest BCUT2D eigenvalue weighted by Gasteiger charge is -2.22. The molecule has 0 aliphatic carbocycles. The van der Waals surface area contributed by atoms with Crippen molar-refractivity contribution in [3.05, 3.63) is 0 Å². The van der Waals surface area contributed by atoms with E-state index in [-0.39, 0.29) is 11.9 Å². The second-order valence-electron chi connectivity index (χ2n) is 3.93. The fourth-order valence-corrected chi connectivity index (χ4v) is 1.67. The minimum absolute atomic E-state index is 0.221. The summed E-state index contributed by atoms with van der Waals surface area (Å²) in [7, 11) is 0. The SMILES string of the molecule is CCNC(CCN(CC)CCOCC)C(N)=O. The van der Waals surface area contributed by atoms with Crippen molar-refractivity contribution >= 4 is 5.91 Å². The Labute approximate surface area is 105 Å². The lowest BCUT2D eigenvalue weighted by Crippen LogP contribution is -2.43. The first kappa shape index (κ1) is 16.4. The van der Waals surface area contributed by atoms with Gasteiger partial charge in [0.05, 0.1) is 12.6 Å². The van der Waals surface area contributed by atoms with E-state index in [2.05, 4.69) is 17.1 Å². The van der Waals surface area contributed by atoms with Gasteiger partial charge in [-0.3, -0.25) is 4.79 Å². The highest BCUT2D eigenvalue weighted by Crippen LogP contribution is 1.97. The van der Waals surface area contributed by atoms with Crippen molar-refractivity contribution in [2.75, 3.05) is 39.4 Å². The lowest BCUT2D eigenvalue weighted by atomic mass is 10.2. The van der Waals surface area contributed by atoms with Crippen LogP contribution in [-0.2, 0) is 9.53 Å². The van der Waals surface area contributed by atoms with E-state index in [1.807, 2.05) is 13.8 Å². The van der Waals surface area contributed by atoms with Crippen molar-refractivity contribution in [2.45, 2.75) is 33.2 Å². The topological polar surface area (TPSA) is 67.6 Å². The number of carbonyl (C=O) groups is 1. The number of ether oxygens (including phenoxy) is 1. The van der Waals surface area contributed by atoms with Crippen LogP contribution in [-0.4, -0.2) is 56.2 Å². The third-order valence-electron chi connectivity index (χ3n) is 2.73. The highest BCUT2D eigenvalue weighted by atomic mass is 16.5. The molecule has 0 saturated carbocycles. The molecule has 0 saturated heterocycles. The first-order valence-corrected chi connectivity index (χ1v) is 6.48. The summed E-state index contributed by atoms with van der Waals surface area (Å²) in [5.74, 6) is -0.271. The molecule has 0 aromatic heterocycles. The van der Waals surface area contributed by atoms with Gasteiger partial charge in [0.1, 0.15) is 0 Å². The normalized spacial score (nSPS) is 12.9. The molecule has 0 spiro atoms. The zero-order valence-corrected chi connectivity index (χ0v) is 11.4. The first-order valence-electron chi connectivity index (χ1n) is 6.48. The molecule has 3 N–H and O–H groups in total. The van der Waals surface area contributed by atoms with Gasteiger partial charge in [-0.1, -0.05) is 13.8 Å². The molecule has 0 fully saturated rings. The smallest absolute Gasteiger partial charge is 0.234 e. The molecule has 1 amide bonds. The first-order chi connectivity index (χ1) is 8.15. The molecule has 0 aromatic rings. The Balaban J connectivity index is 3.88. The zero-order valence-electron chi connectivity index (χ0n) is 11.4. The summed E-state index contributed by atoms with van der Waals surface area (Å²) >= 11 is 0. The van der Waals surface area contributed by atoms with Gasteiger partial charge in [-0.05, 0) is 26.4 Å². The van der Waals surface area contributed by atoms with E-state index in [0.717, 1.165) is 45.8 Å². The molecule has 0 aromatic carbocycles. The average molecular weight is 245 g/mol. The molecule has 0 rings (SSSR count). The largest absolute Gasteiger partial charge is 0.380 e. The summed E-state index contributed by atoms with van der Waals surface area (Å²) in [6, 6.07) is -0.221. The van der Waals surface area contributed by atoms with E-state index < -0.39 is 0 Å². The summed E-state index contributed by atoms with van der Waals surface area (Å²) in [5, 5.41) is 3.10. The molecule has 0 radical (unpaired) electrons. The van der Waals surface area contributed by atoms with Crippen LogP contribution in [0, 0.1) is 0 Å². The van der Waals surface area contributed by atoms with Crippen LogP contribution < -0.4 is 11.1 Å². The number of nitrogens with zero attached hydrogens (tertiary/aromatic N) is 1. The quantitative estimate of drug-likeness (QED) is 0.510. The van der Waals surface area contributed by atoms with Gasteiger partial charge in [-0.25, -0.2) is 0 Å². The Bertz CT molecular complexity index is 200. The van der Waals surface area contributed by atoms with E-state index in [0.29, 0.717) is 0 Å². The number of amides is 1. The van der Waals surface area contributed by atoms with Gasteiger partial charge in [-0.15, -0.1) is 0 Å². The number of hydrogen-bond acceptors (Lipinski definition) is 4. The second kappa shape index (κ2) is 10.5. The maximum absolute atomic E-state index is 11.2. The number of likely N-dealkylation sites (N-methyl/N-ethyl adjacent to an activating group) is 2.